The van der Waals surface area contributed by atoms with Crippen LogP contribution in [-0.4, -0.2) is 77.7 Å². The van der Waals surface area contributed by atoms with Crippen molar-refractivity contribution in [1.29, 1.82) is 0 Å². The second kappa shape index (κ2) is 10.9. The van der Waals surface area contributed by atoms with Crippen molar-refractivity contribution >= 4 is 6.03 Å². The largest absolute Gasteiger partial charge is 0.573 e. The second-order valence-corrected chi connectivity index (χ2v) is 9.29. The molecule has 8 nitrogen and oxygen atoms in total. The minimum atomic E-state index is -4.74. The number of imidazole rings is 1. The normalized spacial score (nSPS) is 21.9. The molecular formula is C24H32F3N5O3. The zero-order chi connectivity index (χ0) is 25.0. The molecule has 2 N–H and O–H groups in total. The van der Waals surface area contributed by atoms with Crippen LogP contribution in [0, 0.1) is 0 Å². The number of methoxy groups -OCH3 is 1. The molecule has 0 spiro atoms. The molecule has 2 atom stereocenters. The van der Waals surface area contributed by atoms with Crippen molar-refractivity contribution in [3.8, 4) is 5.75 Å². The number of likely N-dealkylation sites (tertiary alicyclic amines) is 2. The van der Waals surface area contributed by atoms with Gasteiger partial charge in [-0.3, -0.25) is 0 Å². The van der Waals surface area contributed by atoms with E-state index >= 15 is 0 Å². The van der Waals surface area contributed by atoms with Gasteiger partial charge in [0.25, 0.3) is 0 Å². The predicted molar refractivity (Wildman–Crippen MR) is 123 cm³/mol. The van der Waals surface area contributed by atoms with Crippen LogP contribution in [0.4, 0.5) is 18.0 Å². The highest BCUT2D eigenvalue weighted by Crippen LogP contribution is 2.37. The Morgan fingerprint density at radius 1 is 1.11 bits per heavy atom. The Bertz CT molecular complexity index is 974. The van der Waals surface area contributed by atoms with Crippen LogP contribution in [0.15, 0.2) is 36.8 Å². The number of carbonyl (C=O) groups excluding carboxylic acids is 1. The molecule has 11 heteroatoms. The van der Waals surface area contributed by atoms with Gasteiger partial charge in [-0.05, 0) is 37.0 Å². The third-order valence-electron chi connectivity index (χ3n) is 6.74. The first-order valence-electron chi connectivity index (χ1n) is 11.9. The van der Waals surface area contributed by atoms with Crippen molar-refractivity contribution in [1.82, 2.24) is 19.4 Å². The fourth-order valence-electron chi connectivity index (χ4n) is 4.85. The molecule has 2 aliphatic rings. The van der Waals surface area contributed by atoms with Crippen molar-refractivity contribution < 1.29 is 27.4 Å². The number of hydrogen-bond donors (Lipinski definition) is 1. The third-order valence-corrected chi connectivity index (χ3v) is 6.74. The number of halogens is 3. The first kappa shape index (κ1) is 25.3. The summed E-state index contributed by atoms with van der Waals surface area (Å²) in [5.74, 6) is -0.309. The SMILES string of the molecule is COCCn1cnc(C2CC(c3ccc(OC(F)(F)F)cc3)CN(C(=O)N3CCC(N)CC3)C2)c1. The van der Waals surface area contributed by atoms with Gasteiger partial charge in [-0.2, -0.15) is 0 Å². The highest BCUT2D eigenvalue weighted by atomic mass is 19.4. The lowest BCUT2D eigenvalue weighted by Gasteiger charge is -2.41. The number of piperidine rings is 2. The molecule has 3 heterocycles. The summed E-state index contributed by atoms with van der Waals surface area (Å²) < 4.78 is 48.8. The predicted octanol–water partition coefficient (Wildman–Crippen LogP) is 3.54. The molecule has 192 valence electrons. The Hall–Kier alpha value is -2.79. The van der Waals surface area contributed by atoms with E-state index < -0.39 is 6.36 Å². The Labute approximate surface area is 202 Å². The van der Waals surface area contributed by atoms with Crippen LogP contribution < -0.4 is 10.5 Å². The van der Waals surface area contributed by atoms with Gasteiger partial charge in [-0.25, -0.2) is 9.78 Å². The Morgan fingerprint density at radius 3 is 2.46 bits per heavy atom. The van der Waals surface area contributed by atoms with Gasteiger partial charge >= 0.3 is 12.4 Å². The third kappa shape index (κ3) is 6.66. The van der Waals surface area contributed by atoms with Gasteiger partial charge < -0.3 is 29.6 Å². The van der Waals surface area contributed by atoms with E-state index in [1.807, 2.05) is 20.6 Å². The van der Waals surface area contributed by atoms with E-state index in [9.17, 15) is 18.0 Å². The molecule has 2 aliphatic heterocycles. The van der Waals surface area contributed by atoms with Crippen molar-refractivity contribution in [2.75, 3.05) is 39.9 Å². The van der Waals surface area contributed by atoms with E-state index in [2.05, 4.69) is 9.72 Å². The molecule has 1 aromatic heterocycles. The Kier molecular flexibility index (Phi) is 7.85. The lowest BCUT2D eigenvalue weighted by Crippen LogP contribution is -2.52. The first-order valence-corrected chi connectivity index (χ1v) is 11.9. The van der Waals surface area contributed by atoms with Gasteiger partial charge in [0.1, 0.15) is 5.75 Å². The Balaban J connectivity index is 1.53. The lowest BCUT2D eigenvalue weighted by molar-refractivity contribution is -0.274. The maximum Gasteiger partial charge on any atom is 0.573 e. The summed E-state index contributed by atoms with van der Waals surface area (Å²) in [5, 5.41) is 0. The molecular weight excluding hydrogens is 463 g/mol. The molecule has 4 rings (SSSR count). The number of urea groups is 1. The fraction of sp³-hybridized carbons (Fsp3) is 0.583. The minimum absolute atomic E-state index is 0.000330. The van der Waals surface area contributed by atoms with Gasteiger partial charge in [0.15, 0.2) is 0 Å². The molecule has 2 saturated heterocycles. The average molecular weight is 496 g/mol. The van der Waals surface area contributed by atoms with Crippen LogP contribution >= 0.6 is 0 Å². The molecule has 2 fully saturated rings. The molecule has 0 radical (unpaired) electrons. The van der Waals surface area contributed by atoms with Crippen LogP contribution in [0.25, 0.3) is 0 Å². The average Bonchev–Trinajstić information content (AvgIpc) is 3.31. The van der Waals surface area contributed by atoms with E-state index in [0.717, 1.165) is 30.5 Å². The highest BCUT2D eigenvalue weighted by Gasteiger charge is 2.36. The summed E-state index contributed by atoms with van der Waals surface area (Å²) in [6.45, 7) is 3.52. The van der Waals surface area contributed by atoms with Gasteiger partial charge in [0.2, 0.25) is 0 Å². The van der Waals surface area contributed by atoms with E-state index in [1.54, 1.807) is 25.6 Å². The van der Waals surface area contributed by atoms with Crippen molar-refractivity contribution in [3.63, 3.8) is 0 Å². The number of rotatable bonds is 6. The standard InChI is InChI=1S/C24H32F3N5O3/c1-34-11-10-30-15-22(29-16-30)19-12-18(17-2-4-21(5-3-17)35-24(25,26)27)13-32(14-19)23(33)31-8-6-20(28)7-9-31/h2-5,15-16,18-20H,6-14,28H2,1H3. The number of nitrogens with zero attached hydrogens (tertiary/aromatic N) is 4. The molecule has 0 aliphatic carbocycles. The number of alkyl halides is 3. The Morgan fingerprint density at radius 2 is 1.80 bits per heavy atom. The molecule has 2 amide bonds. The number of amides is 2. The summed E-state index contributed by atoms with van der Waals surface area (Å²) in [5.41, 5.74) is 7.76. The highest BCUT2D eigenvalue weighted by molar-refractivity contribution is 5.75. The van der Waals surface area contributed by atoms with E-state index in [4.69, 9.17) is 10.5 Å². The summed E-state index contributed by atoms with van der Waals surface area (Å²) >= 11 is 0. The number of benzene rings is 1. The van der Waals surface area contributed by atoms with Gasteiger partial charge in [-0.1, -0.05) is 12.1 Å². The zero-order valence-electron chi connectivity index (χ0n) is 19.8. The number of hydrogen-bond acceptors (Lipinski definition) is 5. The maximum atomic E-state index is 13.4. The van der Waals surface area contributed by atoms with Crippen molar-refractivity contribution in [2.24, 2.45) is 5.73 Å². The van der Waals surface area contributed by atoms with Gasteiger partial charge in [-0.15, -0.1) is 13.2 Å². The second-order valence-electron chi connectivity index (χ2n) is 9.29. The van der Waals surface area contributed by atoms with Gasteiger partial charge in [0, 0.05) is 63.9 Å². The summed E-state index contributed by atoms with van der Waals surface area (Å²) in [6.07, 6.45) is 1.29. The summed E-state index contributed by atoms with van der Waals surface area (Å²) in [7, 11) is 1.64. The van der Waals surface area contributed by atoms with Crippen LogP contribution in [-0.2, 0) is 11.3 Å². The van der Waals surface area contributed by atoms with Crippen LogP contribution in [0.5, 0.6) is 5.75 Å². The number of nitrogens with two attached hydrogens (primary N) is 1. The topological polar surface area (TPSA) is 85.9 Å². The molecule has 0 bridgehead atoms. The van der Waals surface area contributed by atoms with Crippen molar-refractivity contribution in [2.45, 2.75) is 50.0 Å². The zero-order valence-corrected chi connectivity index (χ0v) is 19.8. The van der Waals surface area contributed by atoms with Crippen LogP contribution in [0.3, 0.4) is 0 Å². The van der Waals surface area contributed by atoms with Crippen LogP contribution in [0.2, 0.25) is 0 Å². The molecule has 1 aromatic carbocycles. The van der Waals surface area contributed by atoms with E-state index in [-0.39, 0.29) is 29.7 Å². The van der Waals surface area contributed by atoms with E-state index in [1.165, 1.54) is 12.1 Å². The number of aromatic nitrogens is 2. The number of carbonyl (C=O) groups is 1. The molecule has 0 saturated carbocycles. The lowest BCUT2D eigenvalue weighted by atomic mass is 9.83. The van der Waals surface area contributed by atoms with E-state index in [0.29, 0.717) is 39.3 Å². The quantitative estimate of drug-likeness (QED) is 0.663. The van der Waals surface area contributed by atoms with Crippen LogP contribution in [0.1, 0.15) is 42.4 Å². The number of ether oxygens (including phenoxy) is 2. The minimum Gasteiger partial charge on any atom is -0.406 e. The smallest absolute Gasteiger partial charge is 0.406 e. The summed E-state index contributed by atoms with van der Waals surface area (Å²) in [6, 6.07) is 6.03. The molecule has 35 heavy (non-hydrogen) atoms. The maximum absolute atomic E-state index is 13.4. The summed E-state index contributed by atoms with van der Waals surface area (Å²) in [4.78, 5) is 21.7. The van der Waals surface area contributed by atoms with Crippen molar-refractivity contribution in [3.05, 3.63) is 48.0 Å². The molecule has 2 unspecified atom stereocenters. The monoisotopic (exact) mass is 495 g/mol. The first-order chi connectivity index (χ1) is 16.7. The van der Waals surface area contributed by atoms with Gasteiger partial charge in [0.05, 0.1) is 18.6 Å². The molecule has 2 aromatic rings. The fourth-order valence-corrected chi connectivity index (χ4v) is 4.85.